The quantitative estimate of drug-likeness (QED) is 0.713. The molecule has 1 aliphatic heterocycles. The number of nitrogens with zero attached hydrogens (tertiary/aromatic N) is 2. The maximum atomic E-state index is 12.2. The van der Waals surface area contributed by atoms with Crippen LogP contribution in [0.4, 0.5) is 5.69 Å². The first-order valence-electron chi connectivity index (χ1n) is 8.12. The Morgan fingerprint density at radius 2 is 1.92 bits per heavy atom. The van der Waals surface area contributed by atoms with Crippen molar-refractivity contribution in [2.45, 2.75) is 18.4 Å². The molecule has 26 heavy (non-hydrogen) atoms. The van der Waals surface area contributed by atoms with E-state index in [0.717, 1.165) is 5.69 Å². The van der Waals surface area contributed by atoms with Crippen LogP contribution in [0.15, 0.2) is 42.7 Å². The normalized spacial score (nSPS) is 15.6. The summed E-state index contributed by atoms with van der Waals surface area (Å²) in [5, 5.41) is 9.48. The summed E-state index contributed by atoms with van der Waals surface area (Å²) in [4.78, 5) is 24.2. The van der Waals surface area contributed by atoms with Crippen molar-refractivity contribution >= 4 is 29.9 Å². The fraction of sp³-hybridized carbons (Fsp3) is 0.353. The van der Waals surface area contributed by atoms with E-state index in [1.54, 1.807) is 23.0 Å². The molecule has 1 aliphatic rings. The highest BCUT2D eigenvalue weighted by molar-refractivity contribution is 5.96. The minimum atomic E-state index is -0.954. The zero-order valence-electron chi connectivity index (χ0n) is 14.2. The number of benzene rings is 1. The number of hydrogen-bond donors (Lipinski definition) is 3. The molecular formula is C17H22ClN5O3. The molecule has 3 rings (SSSR count). The fourth-order valence-electron chi connectivity index (χ4n) is 2.62. The average Bonchev–Trinajstić information content (AvgIpc) is 3.15. The maximum absolute atomic E-state index is 12.2. The van der Waals surface area contributed by atoms with Crippen molar-refractivity contribution in [2.75, 3.05) is 25.1 Å². The van der Waals surface area contributed by atoms with E-state index in [1.807, 2.05) is 24.4 Å². The lowest BCUT2D eigenvalue weighted by Gasteiger charge is -2.31. The van der Waals surface area contributed by atoms with Gasteiger partial charge in [0, 0.05) is 31.3 Å². The highest BCUT2D eigenvalue weighted by Crippen LogP contribution is 2.17. The first kappa shape index (κ1) is 19.9. The number of amides is 2. The lowest BCUT2D eigenvalue weighted by atomic mass is 9.90. The van der Waals surface area contributed by atoms with E-state index in [1.165, 1.54) is 0 Å². The van der Waals surface area contributed by atoms with E-state index in [-0.39, 0.29) is 30.8 Å². The number of rotatable bonds is 5. The number of carbonyl (C=O) groups is 2. The van der Waals surface area contributed by atoms with Gasteiger partial charge < -0.3 is 21.1 Å². The van der Waals surface area contributed by atoms with Gasteiger partial charge in [0.25, 0.3) is 0 Å². The number of carbonyl (C=O) groups excluding carboxylic acids is 2. The van der Waals surface area contributed by atoms with Gasteiger partial charge in [0.05, 0.1) is 17.8 Å². The maximum Gasteiger partial charge on any atom is 0.243 e. The van der Waals surface area contributed by atoms with E-state index >= 15 is 0 Å². The van der Waals surface area contributed by atoms with Crippen molar-refractivity contribution in [3.63, 3.8) is 0 Å². The van der Waals surface area contributed by atoms with E-state index in [2.05, 4.69) is 15.7 Å². The molecular weight excluding hydrogens is 358 g/mol. The molecule has 0 unspecified atom stereocenters. The number of hydrogen-bond acceptors (Lipinski definition) is 5. The van der Waals surface area contributed by atoms with Gasteiger partial charge in [0.2, 0.25) is 11.8 Å². The van der Waals surface area contributed by atoms with E-state index < -0.39 is 5.54 Å². The molecule has 1 fully saturated rings. The van der Waals surface area contributed by atoms with Gasteiger partial charge in [-0.05, 0) is 43.2 Å². The van der Waals surface area contributed by atoms with Gasteiger partial charge >= 0.3 is 0 Å². The van der Waals surface area contributed by atoms with Gasteiger partial charge in [-0.1, -0.05) is 0 Å². The van der Waals surface area contributed by atoms with E-state index in [0.29, 0.717) is 31.7 Å². The van der Waals surface area contributed by atoms with Gasteiger partial charge in [-0.25, -0.2) is 4.68 Å². The SMILES string of the molecule is Cl.NC1(C(=O)NCC(=O)Nc2ccc(-n3cccn3)cc2)CCOCC1. The van der Waals surface area contributed by atoms with Crippen LogP contribution in [0.25, 0.3) is 5.69 Å². The summed E-state index contributed by atoms with van der Waals surface area (Å²) in [6.07, 6.45) is 4.44. The van der Waals surface area contributed by atoms with Crippen LogP contribution < -0.4 is 16.4 Å². The number of halogens is 1. The molecule has 0 atom stereocenters. The zero-order chi connectivity index (χ0) is 17.7. The molecule has 2 heterocycles. The average molecular weight is 380 g/mol. The summed E-state index contributed by atoms with van der Waals surface area (Å²) in [5.41, 5.74) is 6.65. The molecule has 1 aromatic heterocycles. The number of anilines is 1. The van der Waals surface area contributed by atoms with Crippen molar-refractivity contribution in [2.24, 2.45) is 5.73 Å². The van der Waals surface area contributed by atoms with Crippen LogP contribution in [0, 0.1) is 0 Å². The molecule has 1 aromatic carbocycles. The molecule has 2 aromatic rings. The Morgan fingerprint density at radius 1 is 1.23 bits per heavy atom. The summed E-state index contributed by atoms with van der Waals surface area (Å²) in [6.45, 7) is 0.789. The molecule has 140 valence electrons. The van der Waals surface area contributed by atoms with Gasteiger partial charge in [0.1, 0.15) is 0 Å². The molecule has 1 saturated heterocycles. The topological polar surface area (TPSA) is 111 Å². The van der Waals surface area contributed by atoms with E-state index in [4.69, 9.17) is 10.5 Å². The van der Waals surface area contributed by atoms with Crippen LogP contribution in [0.1, 0.15) is 12.8 Å². The van der Waals surface area contributed by atoms with Crippen molar-refractivity contribution in [3.8, 4) is 5.69 Å². The Morgan fingerprint density at radius 3 is 2.54 bits per heavy atom. The fourth-order valence-corrected chi connectivity index (χ4v) is 2.62. The van der Waals surface area contributed by atoms with Crippen LogP contribution in [-0.2, 0) is 14.3 Å². The Bertz CT molecular complexity index is 727. The van der Waals surface area contributed by atoms with Crippen molar-refractivity contribution in [3.05, 3.63) is 42.7 Å². The third-order valence-corrected chi connectivity index (χ3v) is 4.17. The van der Waals surface area contributed by atoms with Gasteiger partial charge in [-0.2, -0.15) is 5.10 Å². The van der Waals surface area contributed by atoms with Crippen molar-refractivity contribution < 1.29 is 14.3 Å². The molecule has 9 heteroatoms. The predicted molar refractivity (Wildman–Crippen MR) is 99.4 cm³/mol. The van der Waals surface area contributed by atoms with Crippen LogP contribution in [0.5, 0.6) is 0 Å². The summed E-state index contributed by atoms with van der Waals surface area (Å²) < 4.78 is 6.93. The molecule has 2 amide bonds. The number of nitrogens with two attached hydrogens (primary N) is 1. The molecule has 0 radical (unpaired) electrons. The second-order valence-electron chi connectivity index (χ2n) is 6.00. The Balaban J connectivity index is 0.00000243. The van der Waals surface area contributed by atoms with Crippen LogP contribution in [0.2, 0.25) is 0 Å². The van der Waals surface area contributed by atoms with Gasteiger partial charge in [-0.3, -0.25) is 9.59 Å². The number of nitrogens with one attached hydrogen (secondary N) is 2. The van der Waals surface area contributed by atoms with Gasteiger partial charge in [0.15, 0.2) is 0 Å². The molecule has 8 nitrogen and oxygen atoms in total. The molecule has 0 saturated carbocycles. The second kappa shape index (κ2) is 8.79. The summed E-state index contributed by atoms with van der Waals surface area (Å²) in [7, 11) is 0. The van der Waals surface area contributed by atoms with Gasteiger partial charge in [-0.15, -0.1) is 12.4 Å². The lowest BCUT2D eigenvalue weighted by Crippen LogP contribution is -2.57. The first-order valence-corrected chi connectivity index (χ1v) is 8.12. The highest BCUT2D eigenvalue weighted by atomic mass is 35.5. The smallest absolute Gasteiger partial charge is 0.243 e. The van der Waals surface area contributed by atoms with Crippen LogP contribution in [0.3, 0.4) is 0 Å². The number of aromatic nitrogens is 2. The van der Waals surface area contributed by atoms with Crippen molar-refractivity contribution in [1.82, 2.24) is 15.1 Å². The Kier molecular flexibility index (Phi) is 6.73. The summed E-state index contributed by atoms with van der Waals surface area (Å²) >= 11 is 0. The molecule has 0 bridgehead atoms. The molecule has 4 N–H and O–H groups in total. The highest BCUT2D eigenvalue weighted by Gasteiger charge is 2.35. The second-order valence-corrected chi connectivity index (χ2v) is 6.00. The lowest BCUT2D eigenvalue weighted by molar-refractivity contribution is -0.131. The third kappa shape index (κ3) is 4.81. The summed E-state index contributed by atoms with van der Waals surface area (Å²) in [5.74, 6) is -0.629. The minimum Gasteiger partial charge on any atom is -0.381 e. The largest absolute Gasteiger partial charge is 0.381 e. The first-order chi connectivity index (χ1) is 12.1. The van der Waals surface area contributed by atoms with Crippen LogP contribution in [-0.4, -0.2) is 46.9 Å². The summed E-state index contributed by atoms with van der Waals surface area (Å²) in [6, 6.07) is 9.08. The minimum absolute atomic E-state index is 0. The zero-order valence-corrected chi connectivity index (χ0v) is 15.0. The predicted octanol–water partition coefficient (Wildman–Crippen LogP) is 0.857. The Labute approximate surface area is 157 Å². The standard InChI is InChI=1S/C17H21N5O3.ClH/c18-17(6-10-25-11-7-17)16(24)19-12-15(23)21-13-2-4-14(5-3-13)22-9-1-8-20-22;/h1-5,8-9H,6-7,10-12,18H2,(H,19,24)(H,21,23);1H. The monoisotopic (exact) mass is 379 g/mol. The Hall–Kier alpha value is -2.42. The molecule has 0 spiro atoms. The third-order valence-electron chi connectivity index (χ3n) is 4.17. The van der Waals surface area contributed by atoms with Crippen molar-refractivity contribution in [1.29, 1.82) is 0 Å². The number of ether oxygens (including phenoxy) is 1. The van der Waals surface area contributed by atoms with Crippen LogP contribution >= 0.6 is 12.4 Å². The molecule has 0 aliphatic carbocycles. The van der Waals surface area contributed by atoms with E-state index in [9.17, 15) is 9.59 Å².